The van der Waals surface area contributed by atoms with Crippen molar-refractivity contribution in [3.8, 4) is 0 Å². The Hall–Kier alpha value is -0.820. The molecule has 86 valence electrons. The Morgan fingerprint density at radius 3 is 2.62 bits per heavy atom. The molecule has 1 aromatic rings. The topological polar surface area (TPSA) is 12.0 Å². The zero-order valence-electron chi connectivity index (χ0n) is 9.86. The molecule has 0 spiro atoms. The number of piperidine rings is 1. The molecule has 1 saturated carbocycles. The summed E-state index contributed by atoms with van der Waals surface area (Å²) in [6.07, 6.45) is 7.06. The first kappa shape index (κ1) is 10.3. The van der Waals surface area contributed by atoms with Crippen LogP contribution < -0.4 is 5.32 Å². The third-order valence-corrected chi connectivity index (χ3v) is 4.39. The molecule has 0 aromatic heterocycles. The number of hydrogen-bond acceptors (Lipinski definition) is 1. The fraction of sp³-hybridized carbons (Fsp3) is 0.600. The summed E-state index contributed by atoms with van der Waals surface area (Å²) in [5.74, 6) is 1.70. The smallest absolute Gasteiger partial charge is 0.0164 e. The quantitative estimate of drug-likeness (QED) is 0.757. The van der Waals surface area contributed by atoms with Crippen LogP contribution >= 0.6 is 0 Å². The van der Waals surface area contributed by atoms with Crippen LogP contribution in [-0.2, 0) is 0 Å². The molecule has 0 bridgehead atoms. The number of nitrogens with one attached hydrogen (secondary N) is 1. The van der Waals surface area contributed by atoms with Gasteiger partial charge in [-0.25, -0.2) is 0 Å². The molecule has 1 saturated heterocycles. The molecular weight excluding hydrogens is 194 g/mol. The molecule has 1 heteroatoms. The van der Waals surface area contributed by atoms with E-state index >= 15 is 0 Å². The minimum atomic E-state index is 0.755. The summed E-state index contributed by atoms with van der Waals surface area (Å²) in [6.45, 7) is 1.23. The second-order valence-electron chi connectivity index (χ2n) is 5.33. The molecule has 3 atom stereocenters. The van der Waals surface area contributed by atoms with Crippen molar-refractivity contribution in [2.75, 3.05) is 6.54 Å². The van der Waals surface area contributed by atoms with Crippen molar-refractivity contribution in [3.05, 3.63) is 35.9 Å². The second-order valence-corrected chi connectivity index (χ2v) is 5.33. The summed E-state index contributed by atoms with van der Waals surface area (Å²) in [6, 6.07) is 11.9. The van der Waals surface area contributed by atoms with Crippen LogP contribution in [0.1, 0.15) is 43.6 Å². The molecular formula is C15H21N. The number of fused-ring (bicyclic) bond motifs is 1. The SMILES string of the molecule is c1ccc([C@@H]2CCC[C@@H]3CCCN[C@H]32)cc1. The van der Waals surface area contributed by atoms with E-state index in [0.717, 1.165) is 17.9 Å². The minimum absolute atomic E-state index is 0.755. The maximum absolute atomic E-state index is 3.77. The van der Waals surface area contributed by atoms with Gasteiger partial charge in [0, 0.05) is 6.04 Å². The van der Waals surface area contributed by atoms with Crippen LogP contribution in [0, 0.1) is 5.92 Å². The van der Waals surface area contributed by atoms with Gasteiger partial charge in [-0.15, -0.1) is 0 Å². The third kappa shape index (κ3) is 1.89. The Kier molecular flexibility index (Phi) is 2.96. The lowest BCUT2D eigenvalue weighted by Crippen LogP contribution is -2.47. The minimum Gasteiger partial charge on any atom is -0.313 e. The largest absolute Gasteiger partial charge is 0.313 e. The highest BCUT2D eigenvalue weighted by Crippen LogP contribution is 2.39. The van der Waals surface area contributed by atoms with Gasteiger partial charge in [0.25, 0.3) is 0 Å². The first-order valence-electron chi connectivity index (χ1n) is 6.73. The summed E-state index contributed by atoms with van der Waals surface area (Å²) in [5, 5.41) is 3.77. The summed E-state index contributed by atoms with van der Waals surface area (Å²) in [5.41, 5.74) is 1.55. The fourth-order valence-corrected chi connectivity index (χ4v) is 3.63. The molecule has 1 aliphatic heterocycles. The Balaban J connectivity index is 1.83. The lowest BCUT2D eigenvalue weighted by Gasteiger charge is -2.42. The molecule has 0 amide bonds. The van der Waals surface area contributed by atoms with Gasteiger partial charge in [-0.2, -0.15) is 0 Å². The third-order valence-electron chi connectivity index (χ3n) is 4.39. The van der Waals surface area contributed by atoms with E-state index in [9.17, 15) is 0 Å². The van der Waals surface area contributed by atoms with Crippen LogP contribution in [-0.4, -0.2) is 12.6 Å². The van der Waals surface area contributed by atoms with Crippen LogP contribution in [0.25, 0.3) is 0 Å². The number of hydrogen-bond donors (Lipinski definition) is 1. The van der Waals surface area contributed by atoms with Crippen molar-refractivity contribution in [3.63, 3.8) is 0 Å². The zero-order valence-corrected chi connectivity index (χ0v) is 9.86. The van der Waals surface area contributed by atoms with Crippen LogP contribution in [0.4, 0.5) is 0 Å². The molecule has 2 aliphatic rings. The van der Waals surface area contributed by atoms with Gasteiger partial charge in [-0.05, 0) is 49.6 Å². The second kappa shape index (κ2) is 4.58. The molecule has 1 aromatic carbocycles. The van der Waals surface area contributed by atoms with Crippen LogP contribution in [0.2, 0.25) is 0 Å². The van der Waals surface area contributed by atoms with Gasteiger partial charge in [0.15, 0.2) is 0 Å². The van der Waals surface area contributed by atoms with Gasteiger partial charge in [-0.3, -0.25) is 0 Å². The van der Waals surface area contributed by atoms with E-state index in [1.54, 1.807) is 5.56 Å². The van der Waals surface area contributed by atoms with Crippen LogP contribution in [0.15, 0.2) is 30.3 Å². The lowest BCUT2D eigenvalue weighted by molar-refractivity contribution is 0.186. The average molecular weight is 215 g/mol. The lowest BCUT2D eigenvalue weighted by atomic mass is 9.71. The van der Waals surface area contributed by atoms with E-state index in [4.69, 9.17) is 0 Å². The highest BCUT2D eigenvalue weighted by molar-refractivity contribution is 5.22. The monoisotopic (exact) mass is 215 g/mol. The van der Waals surface area contributed by atoms with Crippen molar-refractivity contribution < 1.29 is 0 Å². The predicted molar refractivity (Wildman–Crippen MR) is 67.5 cm³/mol. The molecule has 1 N–H and O–H groups in total. The number of rotatable bonds is 1. The van der Waals surface area contributed by atoms with Crippen molar-refractivity contribution in [2.45, 2.75) is 44.1 Å². The Labute approximate surface area is 98.3 Å². The van der Waals surface area contributed by atoms with E-state index < -0.39 is 0 Å². The normalized spacial score (nSPS) is 34.4. The van der Waals surface area contributed by atoms with Gasteiger partial charge in [0.1, 0.15) is 0 Å². The Morgan fingerprint density at radius 1 is 0.938 bits per heavy atom. The van der Waals surface area contributed by atoms with Crippen molar-refractivity contribution in [1.29, 1.82) is 0 Å². The molecule has 1 heterocycles. The van der Waals surface area contributed by atoms with Crippen molar-refractivity contribution >= 4 is 0 Å². The predicted octanol–water partition coefficient (Wildman–Crippen LogP) is 3.32. The molecule has 1 aliphatic carbocycles. The van der Waals surface area contributed by atoms with Crippen LogP contribution in [0.3, 0.4) is 0 Å². The van der Waals surface area contributed by atoms with E-state index in [1.807, 2.05) is 0 Å². The first-order chi connectivity index (χ1) is 7.95. The van der Waals surface area contributed by atoms with Crippen LogP contribution in [0.5, 0.6) is 0 Å². The van der Waals surface area contributed by atoms with E-state index in [0.29, 0.717) is 0 Å². The van der Waals surface area contributed by atoms with Crippen molar-refractivity contribution in [1.82, 2.24) is 5.32 Å². The molecule has 2 fully saturated rings. The van der Waals surface area contributed by atoms with E-state index in [-0.39, 0.29) is 0 Å². The Bertz CT molecular complexity index is 331. The average Bonchev–Trinajstić information content (AvgIpc) is 2.39. The van der Waals surface area contributed by atoms with E-state index in [1.165, 1.54) is 38.6 Å². The maximum Gasteiger partial charge on any atom is 0.0164 e. The summed E-state index contributed by atoms with van der Waals surface area (Å²) in [7, 11) is 0. The zero-order chi connectivity index (χ0) is 10.8. The molecule has 3 rings (SSSR count). The molecule has 0 unspecified atom stereocenters. The Morgan fingerprint density at radius 2 is 1.75 bits per heavy atom. The molecule has 1 nitrogen and oxygen atoms in total. The molecule has 0 radical (unpaired) electrons. The summed E-state index contributed by atoms with van der Waals surface area (Å²) in [4.78, 5) is 0. The summed E-state index contributed by atoms with van der Waals surface area (Å²) < 4.78 is 0. The molecule has 16 heavy (non-hydrogen) atoms. The maximum atomic E-state index is 3.77. The van der Waals surface area contributed by atoms with Gasteiger partial charge < -0.3 is 5.32 Å². The standard InChI is InChI=1S/C15H21N/c1-2-6-12(7-3-1)14-10-4-8-13-9-5-11-16-15(13)14/h1-3,6-7,13-16H,4-5,8-11H2/t13-,14+,15-/m1/s1. The first-order valence-corrected chi connectivity index (χ1v) is 6.73. The highest BCUT2D eigenvalue weighted by Gasteiger charge is 2.35. The fourth-order valence-electron chi connectivity index (χ4n) is 3.63. The number of benzene rings is 1. The van der Waals surface area contributed by atoms with Gasteiger partial charge >= 0.3 is 0 Å². The summed E-state index contributed by atoms with van der Waals surface area (Å²) >= 11 is 0. The van der Waals surface area contributed by atoms with Gasteiger partial charge in [0.2, 0.25) is 0 Å². The van der Waals surface area contributed by atoms with Gasteiger partial charge in [0.05, 0.1) is 0 Å². The highest BCUT2D eigenvalue weighted by atomic mass is 14.9. The van der Waals surface area contributed by atoms with Crippen molar-refractivity contribution in [2.24, 2.45) is 5.92 Å². The van der Waals surface area contributed by atoms with E-state index in [2.05, 4.69) is 35.6 Å². The van der Waals surface area contributed by atoms with Gasteiger partial charge in [-0.1, -0.05) is 36.8 Å².